The zero-order valence-electron chi connectivity index (χ0n) is 14.1. The molecule has 1 aromatic heterocycles. The van der Waals surface area contributed by atoms with E-state index in [0.717, 1.165) is 42.4 Å². The molecule has 2 aromatic rings. The lowest BCUT2D eigenvalue weighted by Gasteiger charge is -2.23. The van der Waals surface area contributed by atoms with Crippen LogP contribution in [0.5, 0.6) is 0 Å². The molecule has 6 nitrogen and oxygen atoms in total. The maximum Gasteiger partial charge on any atom is 0.175 e. The summed E-state index contributed by atoms with van der Waals surface area (Å²) in [7, 11) is -3.17. The maximum atomic E-state index is 11.6. The molecular formula is C17H22N4O2S. The standard InChI is InChI=1S/C17H22N4O2S/c1-11(13-4-6-14(7-5-13)24(3,22)23)19-17-15-8-9-18-10-16(15)20-12(2)21-17/h4-7,11,18H,8-10H2,1-3H3,(H,19,20,21). The van der Waals surface area contributed by atoms with Gasteiger partial charge in [-0.15, -0.1) is 0 Å². The predicted molar refractivity (Wildman–Crippen MR) is 93.8 cm³/mol. The summed E-state index contributed by atoms with van der Waals surface area (Å²) in [5.41, 5.74) is 3.23. The largest absolute Gasteiger partial charge is 0.363 e. The van der Waals surface area contributed by atoms with Gasteiger partial charge >= 0.3 is 0 Å². The molecule has 3 rings (SSSR count). The molecule has 24 heavy (non-hydrogen) atoms. The van der Waals surface area contributed by atoms with Crippen molar-refractivity contribution in [2.75, 3.05) is 18.1 Å². The van der Waals surface area contributed by atoms with Crippen LogP contribution in [0.3, 0.4) is 0 Å². The van der Waals surface area contributed by atoms with E-state index in [0.29, 0.717) is 4.90 Å². The van der Waals surface area contributed by atoms with Crippen LogP contribution in [0.15, 0.2) is 29.2 Å². The zero-order valence-corrected chi connectivity index (χ0v) is 14.9. The van der Waals surface area contributed by atoms with E-state index >= 15 is 0 Å². The first kappa shape index (κ1) is 16.9. The van der Waals surface area contributed by atoms with Crippen LogP contribution in [0.4, 0.5) is 5.82 Å². The van der Waals surface area contributed by atoms with Crippen molar-refractivity contribution < 1.29 is 8.42 Å². The number of aryl methyl sites for hydroxylation is 1. The lowest BCUT2D eigenvalue weighted by atomic mass is 10.0. The van der Waals surface area contributed by atoms with Crippen molar-refractivity contribution >= 4 is 15.7 Å². The first-order valence-corrected chi connectivity index (χ1v) is 9.87. The molecule has 128 valence electrons. The molecular weight excluding hydrogens is 324 g/mol. The summed E-state index contributed by atoms with van der Waals surface area (Å²) in [5, 5.41) is 6.78. The van der Waals surface area contributed by atoms with Crippen LogP contribution in [-0.2, 0) is 22.8 Å². The lowest BCUT2D eigenvalue weighted by Crippen LogP contribution is -2.27. The molecule has 2 heterocycles. The summed E-state index contributed by atoms with van der Waals surface area (Å²) in [6, 6.07) is 7.00. The summed E-state index contributed by atoms with van der Waals surface area (Å²) in [6.45, 7) is 5.63. The zero-order chi connectivity index (χ0) is 17.3. The topological polar surface area (TPSA) is 84.0 Å². The average Bonchev–Trinajstić information content (AvgIpc) is 2.54. The minimum absolute atomic E-state index is 0.0203. The molecule has 7 heteroatoms. The van der Waals surface area contributed by atoms with Crippen LogP contribution in [-0.4, -0.2) is 31.2 Å². The number of sulfone groups is 1. The van der Waals surface area contributed by atoms with Gasteiger partial charge in [-0.25, -0.2) is 18.4 Å². The van der Waals surface area contributed by atoms with E-state index in [1.807, 2.05) is 26.0 Å². The van der Waals surface area contributed by atoms with Gasteiger partial charge in [0.15, 0.2) is 9.84 Å². The second-order valence-corrected chi connectivity index (χ2v) is 8.19. The third-order valence-electron chi connectivity index (χ3n) is 4.21. The minimum atomic E-state index is -3.17. The molecule has 0 bridgehead atoms. The molecule has 0 spiro atoms. The third-order valence-corrected chi connectivity index (χ3v) is 5.34. The van der Waals surface area contributed by atoms with Crippen molar-refractivity contribution in [1.82, 2.24) is 15.3 Å². The van der Waals surface area contributed by atoms with E-state index in [1.54, 1.807) is 12.1 Å². The molecule has 0 radical (unpaired) electrons. The lowest BCUT2D eigenvalue weighted by molar-refractivity contribution is 0.602. The summed E-state index contributed by atoms with van der Waals surface area (Å²) in [5.74, 6) is 1.62. The molecule has 0 saturated carbocycles. The van der Waals surface area contributed by atoms with Gasteiger partial charge in [-0.05, 0) is 44.5 Å². The Morgan fingerprint density at radius 1 is 1.21 bits per heavy atom. The Bertz CT molecular complexity index is 848. The summed E-state index contributed by atoms with van der Waals surface area (Å²) in [4.78, 5) is 9.41. The van der Waals surface area contributed by atoms with Crippen LogP contribution in [0.2, 0.25) is 0 Å². The van der Waals surface area contributed by atoms with Gasteiger partial charge in [0, 0.05) is 24.4 Å². The highest BCUT2D eigenvalue weighted by molar-refractivity contribution is 7.90. The van der Waals surface area contributed by atoms with E-state index in [4.69, 9.17) is 0 Å². The smallest absolute Gasteiger partial charge is 0.175 e. The van der Waals surface area contributed by atoms with E-state index in [2.05, 4.69) is 20.6 Å². The fraction of sp³-hybridized carbons (Fsp3) is 0.412. The molecule has 0 amide bonds. The molecule has 1 atom stereocenters. The molecule has 1 aliphatic rings. The van der Waals surface area contributed by atoms with Crippen LogP contribution in [0, 0.1) is 6.92 Å². The van der Waals surface area contributed by atoms with Gasteiger partial charge in [-0.1, -0.05) is 12.1 Å². The first-order valence-electron chi connectivity index (χ1n) is 7.98. The number of rotatable bonds is 4. The van der Waals surface area contributed by atoms with Crippen molar-refractivity contribution in [3.05, 3.63) is 46.9 Å². The fourth-order valence-electron chi connectivity index (χ4n) is 2.89. The van der Waals surface area contributed by atoms with Crippen LogP contribution < -0.4 is 10.6 Å². The van der Waals surface area contributed by atoms with Crippen molar-refractivity contribution in [3.8, 4) is 0 Å². The number of hydrogen-bond donors (Lipinski definition) is 2. The van der Waals surface area contributed by atoms with E-state index in [9.17, 15) is 8.42 Å². The number of hydrogen-bond acceptors (Lipinski definition) is 6. The second-order valence-electron chi connectivity index (χ2n) is 6.18. The van der Waals surface area contributed by atoms with Crippen molar-refractivity contribution in [3.63, 3.8) is 0 Å². The Balaban J connectivity index is 1.85. The summed E-state index contributed by atoms with van der Waals surface area (Å²) < 4.78 is 23.1. The Labute approximate surface area is 142 Å². The van der Waals surface area contributed by atoms with Gasteiger partial charge in [0.25, 0.3) is 0 Å². The Morgan fingerprint density at radius 3 is 2.58 bits per heavy atom. The van der Waals surface area contributed by atoms with Gasteiger partial charge in [0.05, 0.1) is 10.6 Å². The van der Waals surface area contributed by atoms with Crippen LogP contribution >= 0.6 is 0 Å². The van der Waals surface area contributed by atoms with Crippen molar-refractivity contribution in [2.45, 2.75) is 37.8 Å². The predicted octanol–water partition coefficient (Wildman–Crippen LogP) is 2.01. The molecule has 2 N–H and O–H groups in total. The Hall–Kier alpha value is -1.99. The van der Waals surface area contributed by atoms with Crippen molar-refractivity contribution in [2.24, 2.45) is 0 Å². The number of nitrogens with zero attached hydrogens (tertiary/aromatic N) is 2. The summed E-state index contributed by atoms with van der Waals surface area (Å²) >= 11 is 0. The van der Waals surface area contributed by atoms with Gasteiger partial charge in [0.1, 0.15) is 11.6 Å². The number of benzene rings is 1. The van der Waals surface area contributed by atoms with E-state index in [1.165, 1.54) is 11.8 Å². The highest BCUT2D eigenvalue weighted by Crippen LogP contribution is 2.25. The Morgan fingerprint density at radius 2 is 1.92 bits per heavy atom. The van der Waals surface area contributed by atoms with Gasteiger partial charge in [-0.2, -0.15) is 0 Å². The normalized spacial score (nSPS) is 15.6. The number of anilines is 1. The highest BCUT2D eigenvalue weighted by atomic mass is 32.2. The van der Waals surface area contributed by atoms with Crippen LogP contribution in [0.1, 0.15) is 35.6 Å². The number of aromatic nitrogens is 2. The maximum absolute atomic E-state index is 11.6. The average molecular weight is 346 g/mol. The molecule has 0 saturated heterocycles. The van der Waals surface area contributed by atoms with Gasteiger partial charge in [0.2, 0.25) is 0 Å². The number of nitrogens with one attached hydrogen (secondary N) is 2. The highest BCUT2D eigenvalue weighted by Gasteiger charge is 2.18. The van der Waals surface area contributed by atoms with Crippen molar-refractivity contribution in [1.29, 1.82) is 0 Å². The van der Waals surface area contributed by atoms with Gasteiger partial charge < -0.3 is 10.6 Å². The van der Waals surface area contributed by atoms with Crippen LogP contribution in [0.25, 0.3) is 0 Å². The first-order chi connectivity index (χ1) is 11.3. The SMILES string of the molecule is Cc1nc2c(c(NC(C)c3ccc(S(C)(=O)=O)cc3)n1)CCNC2. The monoisotopic (exact) mass is 346 g/mol. The summed E-state index contributed by atoms with van der Waals surface area (Å²) in [6.07, 6.45) is 2.12. The van der Waals surface area contributed by atoms with Gasteiger partial charge in [-0.3, -0.25) is 0 Å². The van der Waals surface area contributed by atoms with E-state index < -0.39 is 9.84 Å². The Kier molecular flexibility index (Phi) is 4.56. The molecule has 0 fully saturated rings. The second kappa shape index (κ2) is 6.49. The minimum Gasteiger partial charge on any atom is -0.363 e. The molecule has 1 aromatic carbocycles. The molecule has 0 aliphatic carbocycles. The molecule has 1 aliphatic heterocycles. The molecule has 1 unspecified atom stereocenters. The fourth-order valence-corrected chi connectivity index (χ4v) is 3.52. The third kappa shape index (κ3) is 3.57. The quantitative estimate of drug-likeness (QED) is 0.881. The number of fused-ring (bicyclic) bond motifs is 1. The van der Waals surface area contributed by atoms with E-state index in [-0.39, 0.29) is 6.04 Å².